The Kier molecular flexibility index (Phi) is 7.33. The van der Waals surface area contributed by atoms with Gasteiger partial charge in [0.05, 0.1) is 19.0 Å². The Hall–Kier alpha value is -1.82. The molecule has 5 heteroatoms. The summed E-state index contributed by atoms with van der Waals surface area (Å²) in [6.45, 7) is 8.65. The van der Waals surface area contributed by atoms with E-state index >= 15 is 0 Å². The largest absolute Gasteiger partial charge is 0.370 e. The van der Waals surface area contributed by atoms with Crippen molar-refractivity contribution in [1.82, 2.24) is 5.32 Å². The van der Waals surface area contributed by atoms with Gasteiger partial charge >= 0.3 is 0 Å². The zero-order valence-corrected chi connectivity index (χ0v) is 17.0. The minimum Gasteiger partial charge on any atom is -0.370 e. The Morgan fingerprint density at radius 2 is 1.81 bits per heavy atom. The molecule has 2 aromatic rings. The third-order valence-corrected chi connectivity index (χ3v) is 6.14. The van der Waals surface area contributed by atoms with Crippen LogP contribution in [0.3, 0.4) is 0 Å². The first kappa shape index (κ1) is 19.9. The SMILES string of the molecule is Cc1ccc([C@@H](C[NH+]2CCOCC2)NC(=O)CSc2ccccc2C)cc1. The summed E-state index contributed by atoms with van der Waals surface area (Å²) >= 11 is 1.60. The van der Waals surface area contributed by atoms with E-state index in [4.69, 9.17) is 4.74 Å². The van der Waals surface area contributed by atoms with Gasteiger partial charge in [-0.2, -0.15) is 0 Å². The van der Waals surface area contributed by atoms with E-state index in [1.165, 1.54) is 26.5 Å². The smallest absolute Gasteiger partial charge is 0.231 e. The zero-order valence-electron chi connectivity index (χ0n) is 16.2. The molecule has 4 nitrogen and oxygen atoms in total. The summed E-state index contributed by atoms with van der Waals surface area (Å²) in [6.07, 6.45) is 0. The Bertz CT molecular complexity index is 742. The minimum atomic E-state index is 0.0312. The van der Waals surface area contributed by atoms with Crippen LogP contribution in [0.5, 0.6) is 0 Å². The summed E-state index contributed by atoms with van der Waals surface area (Å²) in [5.41, 5.74) is 3.62. The number of rotatable bonds is 7. The lowest BCUT2D eigenvalue weighted by Crippen LogP contribution is -3.14. The van der Waals surface area contributed by atoms with Crippen LogP contribution in [0.2, 0.25) is 0 Å². The summed E-state index contributed by atoms with van der Waals surface area (Å²) in [5, 5.41) is 3.27. The molecular formula is C22H29N2O2S+. The zero-order chi connectivity index (χ0) is 19.1. The van der Waals surface area contributed by atoms with Crippen molar-refractivity contribution in [2.75, 3.05) is 38.6 Å². The number of carbonyl (C=O) groups excluding carboxylic acids is 1. The van der Waals surface area contributed by atoms with Gasteiger partial charge in [-0.15, -0.1) is 11.8 Å². The average Bonchev–Trinajstić information content (AvgIpc) is 2.68. The molecule has 1 fully saturated rings. The van der Waals surface area contributed by atoms with Crippen molar-refractivity contribution in [3.8, 4) is 0 Å². The predicted molar refractivity (Wildman–Crippen MR) is 110 cm³/mol. The molecule has 0 bridgehead atoms. The van der Waals surface area contributed by atoms with Crippen molar-refractivity contribution in [1.29, 1.82) is 0 Å². The van der Waals surface area contributed by atoms with Crippen LogP contribution in [-0.4, -0.2) is 44.5 Å². The van der Waals surface area contributed by atoms with Crippen LogP contribution in [0.1, 0.15) is 22.7 Å². The highest BCUT2D eigenvalue weighted by molar-refractivity contribution is 8.00. The molecule has 1 aliphatic rings. The van der Waals surface area contributed by atoms with Gasteiger partial charge in [-0.3, -0.25) is 4.79 Å². The predicted octanol–water partition coefficient (Wildman–Crippen LogP) is 2.17. The monoisotopic (exact) mass is 385 g/mol. The number of amides is 1. The van der Waals surface area contributed by atoms with Crippen molar-refractivity contribution >= 4 is 17.7 Å². The van der Waals surface area contributed by atoms with Gasteiger partial charge in [0.15, 0.2) is 0 Å². The standard InChI is InChI=1S/C22H28N2O2S/c1-17-7-9-19(10-8-17)20(15-24-11-13-26-14-12-24)23-22(25)16-27-21-6-4-3-5-18(21)2/h3-10,20H,11-16H2,1-2H3,(H,23,25)/p+1/t20-/m1/s1. The molecule has 1 saturated heterocycles. The highest BCUT2D eigenvalue weighted by Crippen LogP contribution is 2.22. The maximum absolute atomic E-state index is 12.7. The molecule has 1 atom stereocenters. The Morgan fingerprint density at radius 3 is 2.52 bits per heavy atom. The van der Waals surface area contributed by atoms with Gasteiger partial charge in [0.25, 0.3) is 0 Å². The van der Waals surface area contributed by atoms with E-state index in [2.05, 4.69) is 55.6 Å². The number of quaternary nitrogens is 1. The fraction of sp³-hybridized carbons (Fsp3) is 0.409. The van der Waals surface area contributed by atoms with Gasteiger partial charge in [0.1, 0.15) is 25.7 Å². The van der Waals surface area contributed by atoms with E-state index in [1.807, 2.05) is 12.1 Å². The molecule has 27 heavy (non-hydrogen) atoms. The molecule has 1 amide bonds. The number of thioether (sulfide) groups is 1. The maximum atomic E-state index is 12.7. The molecule has 0 aliphatic carbocycles. The van der Waals surface area contributed by atoms with Crippen LogP contribution in [0, 0.1) is 13.8 Å². The average molecular weight is 386 g/mol. The highest BCUT2D eigenvalue weighted by atomic mass is 32.2. The number of morpholine rings is 1. The molecule has 0 radical (unpaired) electrons. The van der Waals surface area contributed by atoms with Gasteiger partial charge in [-0.1, -0.05) is 48.0 Å². The van der Waals surface area contributed by atoms with Gasteiger partial charge < -0.3 is 15.0 Å². The van der Waals surface area contributed by atoms with Crippen LogP contribution in [0.4, 0.5) is 0 Å². The molecule has 0 aromatic heterocycles. The fourth-order valence-electron chi connectivity index (χ4n) is 3.30. The third-order valence-electron chi connectivity index (χ3n) is 4.96. The van der Waals surface area contributed by atoms with Gasteiger partial charge in [-0.25, -0.2) is 0 Å². The van der Waals surface area contributed by atoms with E-state index in [0.29, 0.717) is 5.75 Å². The molecule has 1 heterocycles. The number of benzene rings is 2. The Labute approximate surface area is 166 Å². The topological polar surface area (TPSA) is 42.8 Å². The van der Waals surface area contributed by atoms with Crippen LogP contribution in [-0.2, 0) is 9.53 Å². The second kappa shape index (κ2) is 9.93. The summed E-state index contributed by atoms with van der Waals surface area (Å²) in [4.78, 5) is 15.3. The number of ether oxygens (including phenoxy) is 1. The van der Waals surface area contributed by atoms with Crippen molar-refractivity contribution in [2.24, 2.45) is 0 Å². The number of hydrogen-bond acceptors (Lipinski definition) is 3. The lowest BCUT2D eigenvalue weighted by Gasteiger charge is -2.28. The summed E-state index contributed by atoms with van der Waals surface area (Å²) in [7, 11) is 0. The number of aryl methyl sites for hydroxylation is 2. The first-order chi connectivity index (χ1) is 13.1. The lowest BCUT2D eigenvalue weighted by molar-refractivity contribution is -0.909. The molecule has 2 N–H and O–H groups in total. The van der Waals surface area contributed by atoms with E-state index in [9.17, 15) is 4.79 Å². The lowest BCUT2D eigenvalue weighted by atomic mass is 10.0. The molecule has 3 rings (SSSR count). The Balaban J connectivity index is 1.63. The second-order valence-corrected chi connectivity index (χ2v) is 8.17. The Morgan fingerprint density at radius 1 is 1.11 bits per heavy atom. The number of carbonyl (C=O) groups is 1. The summed E-state index contributed by atoms with van der Waals surface area (Å²) < 4.78 is 5.47. The van der Waals surface area contributed by atoms with Crippen molar-refractivity contribution in [3.63, 3.8) is 0 Å². The molecule has 144 valence electrons. The first-order valence-corrected chi connectivity index (χ1v) is 10.6. The second-order valence-electron chi connectivity index (χ2n) is 7.15. The molecule has 1 aliphatic heterocycles. The maximum Gasteiger partial charge on any atom is 0.231 e. The fourth-order valence-corrected chi connectivity index (χ4v) is 4.14. The minimum absolute atomic E-state index is 0.0312. The highest BCUT2D eigenvalue weighted by Gasteiger charge is 2.23. The molecule has 0 spiro atoms. The van der Waals surface area contributed by atoms with E-state index in [0.717, 1.165) is 32.8 Å². The van der Waals surface area contributed by atoms with Crippen molar-refractivity contribution in [2.45, 2.75) is 24.8 Å². The van der Waals surface area contributed by atoms with Gasteiger partial charge in [0.2, 0.25) is 5.91 Å². The molecular weight excluding hydrogens is 356 g/mol. The summed E-state index contributed by atoms with van der Waals surface area (Å²) in [5.74, 6) is 0.521. The molecule has 0 unspecified atom stereocenters. The van der Waals surface area contributed by atoms with E-state index < -0.39 is 0 Å². The quantitative estimate of drug-likeness (QED) is 0.718. The molecule has 2 aromatic carbocycles. The van der Waals surface area contributed by atoms with Gasteiger partial charge in [0, 0.05) is 4.90 Å². The van der Waals surface area contributed by atoms with Crippen molar-refractivity contribution in [3.05, 3.63) is 65.2 Å². The van der Waals surface area contributed by atoms with Crippen LogP contribution < -0.4 is 10.2 Å². The van der Waals surface area contributed by atoms with E-state index in [1.54, 1.807) is 11.8 Å². The third kappa shape index (κ3) is 6.09. The molecule has 0 saturated carbocycles. The van der Waals surface area contributed by atoms with Crippen LogP contribution in [0.25, 0.3) is 0 Å². The van der Waals surface area contributed by atoms with Gasteiger partial charge in [-0.05, 0) is 31.0 Å². The first-order valence-electron chi connectivity index (χ1n) is 9.57. The summed E-state index contributed by atoms with van der Waals surface area (Å²) in [6, 6.07) is 16.7. The van der Waals surface area contributed by atoms with E-state index in [-0.39, 0.29) is 11.9 Å². The number of nitrogens with one attached hydrogen (secondary N) is 2. The van der Waals surface area contributed by atoms with Crippen molar-refractivity contribution < 1.29 is 14.4 Å². The van der Waals surface area contributed by atoms with Crippen LogP contribution in [0.15, 0.2) is 53.4 Å². The normalized spacial score (nSPS) is 16.1. The van der Waals surface area contributed by atoms with Crippen LogP contribution >= 0.6 is 11.8 Å². The number of hydrogen-bond donors (Lipinski definition) is 2.